The van der Waals surface area contributed by atoms with Crippen molar-refractivity contribution in [1.29, 1.82) is 0 Å². The second-order valence-electron chi connectivity index (χ2n) is 8.22. The zero-order chi connectivity index (χ0) is 21.3. The Morgan fingerprint density at radius 3 is 2.73 bits per heavy atom. The van der Waals surface area contributed by atoms with Gasteiger partial charge in [0.05, 0.1) is 35.7 Å². The molecule has 4 rings (SSSR count). The molecule has 2 aliphatic heterocycles. The Bertz CT molecular complexity index is 956. The molecule has 1 aromatic heterocycles. The lowest BCUT2D eigenvalue weighted by molar-refractivity contribution is -0.155. The Morgan fingerprint density at radius 1 is 1.23 bits per heavy atom. The lowest BCUT2D eigenvalue weighted by Gasteiger charge is -2.40. The SMILES string of the molecule is COC(=O)[C@@H]1COCC[C@@H]1C1CCN(C(=O)c2cnc3c(Cl)cccc3c2C)CC1. The third kappa shape index (κ3) is 3.91. The van der Waals surface area contributed by atoms with Crippen molar-refractivity contribution in [3.05, 3.63) is 40.5 Å². The van der Waals surface area contributed by atoms with Gasteiger partial charge in [0, 0.05) is 31.3 Å². The van der Waals surface area contributed by atoms with Crippen LogP contribution in [0.3, 0.4) is 0 Å². The van der Waals surface area contributed by atoms with E-state index in [1.807, 2.05) is 24.0 Å². The number of ether oxygens (including phenoxy) is 2. The monoisotopic (exact) mass is 430 g/mol. The second kappa shape index (κ2) is 8.90. The summed E-state index contributed by atoms with van der Waals surface area (Å²) < 4.78 is 10.5. The number of methoxy groups -OCH3 is 1. The number of para-hydroxylation sites is 1. The zero-order valence-electron chi connectivity index (χ0n) is 17.4. The van der Waals surface area contributed by atoms with Gasteiger partial charge in [-0.3, -0.25) is 14.6 Å². The highest BCUT2D eigenvalue weighted by atomic mass is 35.5. The minimum absolute atomic E-state index is 0.0109. The molecule has 0 spiro atoms. The summed E-state index contributed by atoms with van der Waals surface area (Å²) in [6.45, 7) is 4.43. The van der Waals surface area contributed by atoms with Crippen LogP contribution < -0.4 is 0 Å². The number of piperidine rings is 1. The highest BCUT2D eigenvalue weighted by Gasteiger charge is 2.39. The van der Waals surface area contributed by atoms with Crippen LogP contribution in [-0.2, 0) is 14.3 Å². The number of carbonyl (C=O) groups is 2. The quantitative estimate of drug-likeness (QED) is 0.691. The predicted octanol–water partition coefficient (Wildman–Crippen LogP) is 3.87. The van der Waals surface area contributed by atoms with Gasteiger partial charge in [-0.2, -0.15) is 0 Å². The molecular formula is C23H27ClN2O4. The van der Waals surface area contributed by atoms with E-state index in [1.54, 1.807) is 12.3 Å². The van der Waals surface area contributed by atoms with Gasteiger partial charge in [-0.15, -0.1) is 0 Å². The first kappa shape index (κ1) is 21.1. The summed E-state index contributed by atoms with van der Waals surface area (Å²) in [5.41, 5.74) is 2.26. The summed E-state index contributed by atoms with van der Waals surface area (Å²) in [6, 6.07) is 5.63. The smallest absolute Gasteiger partial charge is 0.311 e. The lowest BCUT2D eigenvalue weighted by Crippen LogP contribution is -2.44. The Hall–Kier alpha value is -2.18. The van der Waals surface area contributed by atoms with Crippen LogP contribution in [0.4, 0.5) is 0 Å². The maximum atomic E-state index is 13.2. The second-order valence-corrected chi connectivity index (χ2v) is 8.63. The highest BCUT2D eigenvalue weighted by molar-refractivity contribution is 6.35. The number of amides is 1. The maximum absolute atomic E-state index is 13.2. The number of pyridine rings is 1. The molecule has 7 heteroatoms. The lowest BCUT2D eigenvalue weighted by atomic mass is 9.74. The van der Waals surface area contributed by atoms with Crippen molar-refractivity contribution in [2.24, 2.45) is 17.8 Å². The molecule has 2 aliphatic rings. The van der Waals surface area contributed by atoms with Crippen LogP contribution in [0, 0.1) is 24.7 Å². The van der Waals surface area contributed by atoms with E-state index < -0.39 is 0 Å². The molecule has 0 aliphatic carbocycles. The number of esters is 1. The van der Waals surface area contributed by atoms with Crippen LogP contribution in [0.2, 0.25) is 5.02 Å². The predicted molar refractivity (Wildman–Crippen MR) is 115 cm³/mol. The minimum Gasteiger partial charge on any atom is -0.469 e. The molecule has 1 amide bonds. The van der Waals surface area contributed by atoms with Gasteiger partial charge in [-0.1, -0.05) is 23.7 Å². The summed E-state index contributed by atoms with van der Waals surface area (Å²) in [6.07, 6.45) is 4.28. The number of hydrogen-bond acceptors (Lipinski definition) is 5. The molecule has 1 aromatic carbocycles. The average Bonchev–Trinajstić information content (AvgIpc) is 2.79. The standard InChI is InChI=1S/C23H27ClN2O4/c1-14-16-4-3-5-20(24)21(16)25-12-18(14)22(27)26-9-6-15(7-10-26)17-8-11-30-13-19(17)23(28)29-2/h3-5,12,15,17,19H,6-11,13H2,1-2H3/t17-,19-/m1/s1. The molecule has 2 atom stereocenters. The van der Waals surface area contributed by atoms with E-state index in [4.69, 9.17) is 21.1 Å². The Morgan fingerprint density at radius 2 is 2.00 bits per heavy atom. The number of fused-ring (bicyclic) bond motifs is 1. The van der Waals surface area contributed by atoms with E-state index in [0.29, 0.717) is 42.8 Å². The van der Waals surface area contributed by atoms with Crippen LogP contribution >= 0.6 is 11.6 Å². The van der Waals surface area contributed by atoms with Gasteiger partial charge < -0.3 is 14.4 Å². The number of carbonyl (C=O) groups excluding carboxylic acids is 2. The maximum Gasteiger partial charge on any atom is 0.311 e. The van der Waals surface area contributed by atoms with E-state index in [2.05, 4.69) is 4.98 Å². The van der Waals surface area contributed by atoms with Gasteiger partial charge in [0.15, 0.2) is 0 Å². The van der Waals surface area contributed by atoms with Crippen molar-refractivity contribution < 1.29 is 19.1 Å². The van der Waals surface area contributed by atoms with Crippen molar-refractivity contribution in [1.82, 2.24) is 9.88 Å². The van der Waals surface area contributed by atoms with Crippen LogP contribution in [0.15, 0.2) is 24.4 Å². The molecule has 0 N–H and O–H groups in total. The molecule has 0 saturated carbocycles. The number of aryl methyl sites for hydroxylation is 1. The van der Waals surface area contributed by atoms with E-state index in [-0.39, 0.29) is 23.7 Å². The number of benzene rings is 1. The van der Waals surface area contributed by atoms with Crippen LogP contribution in [0.5, 0.6) is 0 Å². The Labute approximate surface area is 181 Å². The molecule has 2 fully saturated rings. The van der Waals surface area contributed by atoms with Gasteiger partial charge >= 0.3 is 5.97 Å². The molecule has 0 bridgehead atoms. The Kier molecular flexibility index (Phi) is 6.25. The molecular weight excluding hydrogens is 404 g/mol. The van der Waals surface area contributed by atoms with Gasteiger partial charge in [0.2, 0.25) is 0 Å². The normalized spacial score (nSPS) is 22.8. The number of halogens is 1. The van der Waals surface area contributed by atoms with Crippen molar-refractivity contribution in [2.75, 3.05) is 33.4 Å². The summed E-state index contributed by atoms with van der Waals surface area (Å²) in [7, 11) is 1.43. The third-order valence-corrected chi connectivity index (χ3v) is 7.00. The van der Waals surface area contributed by atoms with Crippen LogP contribution in [-0.4, -0.2) is 55.2 Å². The Balaban J connectivity index is 1.46. The molecule has 160 valence electrons. The van der Waals surface area contributed by atoms with Crippen molar-refractivity contribution >= 4 is 34.4 Å². The average molecular weight is 431 g/mol. The first-order chi connectivity index (χ1) is 14.5. The van der Waals surface area contributed by atoms with Crippen molar-refractivity contribution in [2.45, 2.75) is 26.2 Å². The highest BCUT2D eigenvalue weighted by Crippen LogP contribution is 2.36. The number of aromatic nitrogens is 1. The molecule has 6 nitrogen and oxygen atoms in total. The van der Waals surface area contributed by atoms with Gasteiger partial charge in [-0.05, 0) is 49.7 Å². The molecule has 2 aromatic rings. The molecule has 0 radical (unpaired) electrons. The summed E-state index contributed by atoms with van der Waals surface area (Å²) >= 11 is 6.24. The molecule has 3 heterocycles. The van der Waals surface area contributed by atoms with Crippen LogP contribution in [0.25, 0.3) is 10.9 Å². The fraction of sp³-hybridized carbons (Fsp3) is 0.522. The van der Waals surface area contributed by atoms with E-state index in [1.165, 1.54) is 7.11 Å². The molecule has 2 saturated heterocycles. The zero-order valence-corrected chi connectivity index (χ0v) is 18.2. The number of rotatable bonds is 3. The van der Waals surface area contributed by atoms with E-state index in [9.17, 15) is 9.59 Å². The topological polar surface area (TPSA) is 68.7 Å². The van der Waals surface area contributed by atoms with Crippen molar-refractivity contribution in [3.8, 4) is 0 Å². The molecule has 30 heavy (non-hydrogen) atoms. The van der Waals surface area contributed by atoms with E-state index in [0.717, 1.165) is 35.7 Å². The van der Waals surface area contributed by atoms with E-state index >= 15 is 0 Å². The first-order valence-corrected chi connectivity index (χ1v) is 10.9. The first-order valence-electron chi connectivity index (χ1n) is 10.5. The largest absolute Gasteiger partial charge is 0.469 e. The summed E-state index contributed by atoms with van der Waals surface area (Å²) in [4.78, 5) is 31.7. The van der Waals surface area contributed by atoms with Crippen molar-refractivity contribution in [3.63, 3.8) is 0 Å². The van der Waals surface area contributed by atoms with Gasteiger partial charge in [-0.25, -0.2) is 0 Å². The fourth-order valence-corrected chi connectivity index (χ4v) is 5.17. The summed E-state index contributed by atoms with van der Waals surface area (Å²) in [5, 5.41) is 1.50. The third-order valence-electron chi connectivity index (χ3n) is 6.69. The minimum atomic E-state index is -0.201. The number of hydrogen-bond donors (Lipinski definition) is 0. The molecule has 0 unspecified atom stereocenters. The summed E-state index contributed by atoms with van der Waals surface area (Å²) in [5.74, 6) is 0.283. The van der Waals surface area contributed by atoms with Crippen LogP contribution in [0.1, 0.15) is 35.2 Å². The number of nitrogens with zero attached hydrogens (tertiary/aromatic N) is 2. The number of likely N-dealkylation sites (tertiary alicyclic amines) is 1. The van der Waals surface area contributed by atoms with Gasteiger partial charge in [0.1, 0.15) is 0 Å². The van der Waals surface area contributed by atoms with Gasteiger partial charge in [0.25, 0.3) is 5.91 Å². The fourth-order valence-electron chi connectivity index (χ4n) is 4.95.